The van der Waals surface area contributed by atoms with Crippen molar-refractivity contribution in [3.63, 3.8) is 0 Å². The summed E-state index contributed by atoms with van der Waals surface area (Å²) in [7, 11) is 0. The first-order valence-corrected chi connectivity index (χ1v) is 9.94. The van der Waals surface area contributed by atoms with Gasteiger partial charge in [0.05, 0.1) is 11.0 Å². The fourth-order valence-electron chi connectivity index (χ4n) is 3.85. The summed E-state index contributed by atoms with van der Waals surface area (Å²) in [5, 5.41) is 0. The summed E-state index contributed by atoms with van der Waals surface area (Å²) in [6.45, 7) is 7.75. The van der Waals surface area contributed by atoms with Crippen molar-refractivity contribution in [2.45, 2.75) is 39.5 Å². The molecule has 28 heavy (non-hydrogen) atoms. The number of fused-ring (bicyclic) bond motifs is 1. The Morgan fingerprint density at radius 2 is 1.96 bits per heavy atom. The molecule has 1 aromatic heterocycles. The number of hydrogen-bond donors (Lipinski definition) is 1. The summed E-state index contributed by atoms with van der Waals surface area (Å²) < 4.78 is 5.79. The number of rotatable bonds is 4. The van der Waals surface area contributed by atoms with Crippen LogP contribution in [0.5, 0.6) is 5.75 Å². The summed E-state index contributed by atoms with van der Waals surface area (Å²) in [4.78, 5) is 22.7. The highest BCUT2D eigenvalue weighted by Crippen LogP contribution is 2.28. The van der Waals surface area contributed by atoms with Crippen LogP contribution < -0.4 is 4.74 Å². The van der Waals surface area contributed by atoms with E-state index >= 15 is 0 Å². The molecule has 2 aromatic carbocycles. The standard InChI is InChI=1S/C23H27N3O2/c1-15-7-8-19-20(13-15)25-23(24-19)18-9-11-26(12-10-18)22(27)14-28-21-6-4-5-16(2)17(21)3/h4-8,13,18H,9-12,14H2,1-3H3,(H,24,25). The fraction of sp³-hybridized carbons (Fsp3) is 0.391. The Balaban J connectivity index is 1.34. The zero-order valence-corrected chi connectivity index (χ0v) is 16.8. The summed E-state index contributed by atoms with van der Waals surface area (Å²) >= 11 is 0. The van der Waals surface area contributed by atoms with Crippen LogP contribution in [0.1, 0.15) is 41.3 Å². The molecule has 3 aromatic rings. The molecule has 1 aliphatic heterocycles. The van der Waals surface area contributed by atoms with Crippen LogP contribution >= 0.6 is 0 Å². The maximum atomic E-state index is 12.6. The van der Waals surface area contributed by atoms with Gasteiger partial charge in [-0.3, -0.25) is 4.79 Å². The summed E-state index contributed by atoms with van der Waals surface area (Å²) in [5.41, 5.74) is 5.60. The van der Waals surface area contributed by atoms with E-state index in [1.54, 1.807) is 0 Å². The normalized spacial score (nSPS) is 15.2. The van der Waals surface area contributed by atoms with E-state index in [0.717, 1.165) is 54.1 Å². The van der Waals surface area contributed by atoms with Crippen LogP contribution in [0.15, 0.2) is 36.4 Å². The van der Waals surface area contributed by atoms with E-state index in [0.29, 0.717) is 5.92 Å². The van der Waals surface area contributed by atoms with E-state index in [9.17, 15) is 4.79 Å². The number of imidazole rings is 1. The van der Waals surface area contributed by atoms with Crippen molar-refractivity contribution < 1.29 is 9.53 Å². The van der Waals surface area contributed by atoms with Gasteiger partial charge >= 0.3 is 0 Å². The number of aromatic amines is 1. The predicted octanol–water partition coefficient (Wildman–Crippen LogP) is 4.27. The summed E-state index contributed by atoms with van der Waals surface area (Å²) in [5.74, 6) is 2.26. The Bertz CT molecular complexity index is 1000. The molecule has 0 bridgehead atoms. The number of carbonyl (C=O) groups excluding carboxylic acids is 1. The fourth-order valence-corrected chi connectivity index (χ4v) is 3.85. The Morgan fingerprint density at radius 1 is 1.18 bits per heavy atom. The molecular weight excluding hydrogens is 350 g/mol. The van der Waals surface area contributed by atoms with Crippen LogP contribution in [-0.4, -0.2) is 40.5 Å². The van der Waals surface area contributed by atoms with Crippen LogP contribution in [-0.2, 0) is 4.79 Å². The molecule has 1 N–H and O–H groups in total. The third-order valence-electron chi connectivity index (χ3n) is 5.80. The van der Waals surface area contributed by atoms with Crippen LogP contribution in [0.4, 0.5) is 0 Å². The number of carbonyl (C=O) groups is 1. The Labute approximate surface area is 165 Å². The van der Waals surface area contributed by atoms with Gasteiger partial charge in [0.2, 0.25) is 0 Å². The Hall–Kier alpha value is -2.82. The molecule has 5 heteroatoms. The van der Waals surface area contributed by atoms with Crippen LogP contribution in [0, 0.1) is 20.8 Å². The molecule has 1 aliphatic rings. The number of nitrogens with zero attached hydrogens (tertiary/aromatic N) is 2. The van der Waals surface area contributed by atoms with Gasteiger partial charge in [0.1, 0.15) is 11.6 Å². The van der Waals surface area contributed by atoms with Crippen LogP contribution in [0.25, 0.3) is 11.0 Å². The van der Waals surface area contributed by atoms with Gasteiger partial charge in [-0.2, -0.15) is 0 Å². The lowest BCUT2D eigenvalue weighted by Crippen LogP contribution is -2.40. The second kappa shape index (κ2) is 7.66. The lowest BCUT2D eigenvalue weighted by atomic mass is 9.96. The molecule has 0 saturated carbocycles. The number of aryl methyl sites for hydroxylation is 2. The largest absolute Gasteiger partial charge is 0.483 e. The number of hydrogen-bond acceptors (Lipinski definition) is 3. The Morgan fingerprint density at radius 3 is 2.75 bits per heavy atom. The van der Waals surface area contributed by atoms with Gasteiger partial charge in [0.15, 0.2) is 6.61 Å². The van der Waals surface area contributed by atoms with Crippen molar-refractivity contribution in [3.05, 3.63) is 58.9 Å². The van der Waals surface area contributed by atoms with E-state index in [1.807, 2.05) is 36.9 Å². The van der Waals surface area contributed by atoms with E-state index < -0.39 is 0 Å². The lowest BCUT2D eigenvalue weighted by Gasteiger charge is -2.31. The highest BCUT2D eigenvalue weighted by molar-refractivity contribution is 5.78. The third kappa shape index (κ3) is 3.75. The average molecular weight is 377 g/mol. The molecule has 146 valence electrons. The summed E-state index contributed by atoms with van der Waals surface area (Å²) in [6, 6.07) is 12.2. The molecule has 1 amide bonds. The monoisotopic (exact) mass is 377 g/mol. The molecular formula is C23H27N3O2. The zero-order chi connectivity index (χ0) is 19.7. The third-order valence-corrected chi connectivity index (χ3v) is 5.80. The smallest absolute Gasteiger partial charge is 0.260 e. The number of amides is 1. The molecule has 0 spiro atoms. The van der Waals surface area contributed by atoms with Gasteiger partial charge in [0, 0.05) is 19.0 Å². The minimum Gasteiger partial charge on any atom is -0.483 e. The van der Waals surface area contributed by atoms with Crippen molar-refractivity contribution in [1.29, 1.82) is 0 Å². The zero-order valence-electron chi connectivity index (χ0n) is 16.8. The van der Waals surface area contributed by atoms with Crippen molar-refractivity contribution in [3.8, 4) is 5.75 Å². The van der Waals surface area contributed by atoms with Gasteiger partial charge in [-0.05, 0) is 68.5 Å². The van der Waals surface area contributed by atoms with Crippen molar-refractivity contribution in [2.24, 2.45) is 0 Å². The molecule has 1 fully saturated rings. The molecule has 0 radical (unpaired) electrons. The number of benzene rings is 2. The van der Waals surface area contributed by atoms with E-state index in [4.69, 9.17) is 9.72 Å². The van der Waals surface area contributed by atoms with E-state index in [2.05, 4.69) is 30.1 Å². The van der Waals surface area contributed by atoms with E-state index in [-0.39, 0.29) is 12.5 Å². The van der Waals surface area contributed by atoms with Crippen molar-refractivity contribution in [2.75, 3.05) is 19.7 Å². The molecule has 0 unspecified atom stereocenters. The molecule has 5 nitrogen and oxygen atoms in total. The predicted molar refractivity (Wildman–Crippen MR) is 111 cm³/mol. The topological polar surface area (TPSA) is 58.2 Å². The number of likely N-dealkylation sites (tertiary alicyclic amines) is 1. The first-order chi connectivity index (χ1) is 13.5. The highest BCUT2D eigenvalue weighted by Gasteiger charge is 2.26. The average Bonchev–Trinajstić information content (AvgIpc) is 3.12. The molecule has 0 atom stereocenters. The number of H-pyrrole nitrogens is 1. The van der Waals surface area contributed by atoms with Crippen LogP contribution in [0.3, 0.4) is 0 Å². The van der Waals surface area contributed by atoms with Gasteiger partial charge in [-0.15, -0.1) is 0 Å². The van der Waals surface area contributed by atoms with Crippen molar-refractivity contribution >= 4 is 16.9 Å². The van der Waals surface area contributed by atoms with Gasteiger partial charge in [-0.25, -0.2) is 4.98 Å². The molecule has 1 saturated heterocycles. The van der Waals surface area contributed by atoms with Gasteiger partial charge in [0.25, 0.3) is 5.91 Å². The molecule has 2 heterocycles. The SMILES string of the molecule is Cc1ccc2nc(C3CCN(C(=O)COc4cccc(C)c4C)CC3)[nH]c2c1. The maximum Gasteiger partial charge on any atom is 0.260 e. The molecule has 0 aliphatic carbocycles. The van der Waals surface area contributed by atoms with Gasteiger partial charge in [-0.1, -0.05) is 18.2 Å². The number of nitrogens with one attached hydrogen (secondary N) is 1. The van der Waals surface area contributed by atoms with Crippen LogP contribution in [0.2, 0.25) is 0 Å². The van der Waals surface area contributed by atoms with Gasteiger partial charge < -0.3 is 14.6 Å². The maximum absolute atomic E-state index is 12.6. The molecule has 4 rings (SSSR count). The Kier molecular flexibility index (Phi) is 5.07. The lowest BCUT2D eigenvalue weighted by molar-refractivity contribution is -0.134. The first-order valence-electron chi connectivity index (χ1n) is 9.94. The highest BCUT2D eigenvalue weighted by atomic mass is 16.5. The quantitative estimate of drug-likeness (QED) is 0.738. The van der Waals surface area contributed by atoms with Crippen molar-refractivity contribution in [1.82, 2.24) is 14.9 Å². The number of piperidine rings is 1. The minimum atomic E-state index is 0.0552. The number of ether oxygens (including phenoxy) is 1. The summed E-state index contributed by atoms with van der Waals surface area (Å²) in [6.07, 6.45) is 1.85. The van der Waals surface area contributed by atoms with E-state index in [1.165, 1.54) is 11.1 Å². The second-order valence-electron chi connectivity index (χ2n) is 7.78. The first kappa shape index (κ1) is 18.5. The minimum absolute atomic E-state index is 0.0552. The second-order valence-corrected chi connectivity index (χ2v) is 7.78. The number of aromatic nitrogens is 2.